The van der Waals surface area contributed by atoms with Crippen LogP contribution in [0.5, 0.6) is 5.75 Å². The molecule has 0 radical (unpaired) electrons. The van der Waals surface area contributed by atoms with Gasteiger partial charge in [0.15, 0.2) is 11.4 Å². The van der Waals surface area contributed by atoms with E-state index in [4.69, 9.17) is 4.74 Å². The molecule has 0 aliphatic heterocycles. The van der Waals surface area contributed by atoms with E-state index in [1.165, 1.54) is 5.56 Å². The molecule has 0 unspecified atom stereocenters. The first-order chi connectivity index (χ1) is 9.99. The van der Waals surface area contributed by atoms with Crippen LogP contribution in [-0.4, -0.2) is 16.5 Å². The Balaban J connectivity index is 2.04. The summed E-state index contributed by atoms with van der Waals surface area (Å²) < 4.78 is 7.35. The van der Waals surface area contributed by atoms with Gasteiger partial charge >= 0.3 is 0 Å². The predicted molar refractivity (Wildman–Crippen MR) is 85.9 cm³/mol. The van der Waals surface area contributed by atoms with Crippen molar-refractivity contribution in [3.8, 4) is 17.0 Å². The van der Waals surface area contributed by atoms with Crippen LogP contribution in [0.15, 0.2) is 48.8 Å². The van der Waals surface area contributed by atoms with Crippen molar-refractivity contribution in [2.24, 2.45) is 0 Å². The average Bonchev–Trinajstić information content (AvgIpc) is 2.90. The minimum Gasteiger partial charge on any atom is -0.493 e. The van der Waals surface area contributed by atoms with Gasteiger partial charge < -0.3 is 9.14 Å². The highest BCUT2D eigenvalue weighted by Crippen LogP contribution is 2.27. The van der Waals surface area contributed by atoms with Crippen molar-refractivity contribution in [2.75, 3.05) is 7.11 Å². The first-order valence-corrected chi connectivity index (χ1v) is 7.11. The Hall–Kier alpha value is -2.29. The molecule has 0 amide bonds. The van der Waals surface area contributed by atoms with E-state index in [0.717, 1.165) is 22.7 Å². The van der Waals surface area contributed by atoms with Crippen LogP contribution in [0.4, 0.5) is 0 Å². The van der Waals surface area contributed by atoms with Gasteiger partial charge in [-0.1, -0.05) is 45.0 Å². The van der Waals surface area contributed by atoms with Gasteiger partial charge in [-0.2, -0.15) is 0 Å². The average molecular weight is 280 g/mol. The van der Waals surface area contributed by atoms with Gasteiger partial charge in [0.2, 0.25) is 0 Å². The van der Waals surface area contributed by atoms with Crippen molar-refractivity contribution >= 4 is 5.65 Å². The maximum Gasteiger partial charge on any atom is 0.180 e. The molecule has 3 rings (SSSR count). The molecular weight excluding hydrogens is 260 g/mol. The second-order valence-electron chi connectivity index (χ2n) is 6.26. The smallest absolute Gasteiger partial charge is 0.180 e. The number of nitrogens with zero attached hydrogens (tertiary/aromatic N) is 2. The second kappa shape index (κ2) is 4.92. The first-order valence-electron chi connectivity index (χ1n) is 7.11. The van der Waals surface area contributed by atoms with Gasteiger partial charge in [0.1, 0.15) is 0 Å². The molecule has 0 aliphatic carbocycles. The Morgan fingerprint density at radius 1 is 1.05 bits per heavy atom. The van der Waals surface area contributed by atoms with Gasteiger partial charge in [-0.05, 0) is 23.1 Å². The fraction of sp³-hybridized carbons (Fsp3) is 0.278. The summed E-state index contributed by atoms with van der Waals surface area (Å²) in [5.74, 6) is 0.787. The van der Waals surface area contributed by atoms with Crippen LogP contribution in [0.2, 0.25) is 0 Å². The molecule has 1 aromatic carbocycles. The van der Waals surface area contributed by atoms with Crippen LogP contribution in [0, 0.1) is 0 Å². The van der Waals surface area contributed by atoms with Gasteiger partial charge in [0, 0.05) is 18.0 Å². The number of hydrogen-bond donors (Lipinski definition) is 0. The Bertz CT molecular complexity index is 764. The Morgan fingerprint density at radius 2 is 1.76 bits per heavy atom. The van der Waals surface area contributed by atoms with Crippen molar-refractivity contribution in [2.45, 2.75) is 26.2 Å². The molecule has 3 aromatic rings. The monoisotopic (exact) mass is 280 g/mol. The predicted octanol–water partition coefficient (Wildman–Crippen LogP) is 4.31. The summed E-state index contributed by atoms with van der Waals surface area (Å²) >= 11 is 0. The van der Waals surface area contributed by atoms with Crippen LogP contribution in [0.25, 0.3) is 16.9 Å². The van der Waals surface area contributed by atoms with Crippen molar-refractivity contribution in [1.29, 1.82) is 0 Å². The summed E-state index contributed by atoms with van der Waals surface area (Å²) in [4.78, 5) is 4.68. The number of hydrogen-bond acceptors (Lipinski definition) is 2. The summed E-state index contributed by atoms with van der Waals surface area (Å²) in [6.07, 6.45) is 4.02. The molecular formula is C18H20N2O. The number of imidazole rings is 1. The van der Waals surface area contributed by atoms with Crippen molar-refractivity contribution in [1.82, 2.24) is 9.38 Å². The normalized spacial score (nSPS) is 11.8. The minimum atomic E-state index is 0.167. The lowest BCUT2D eigenvalue weighted by Gasteiger charge is -2.18. The highest BCUT2D eigenvalue weighted by Gasteiger charge is 2.14. The maximum atomic E-state index is 5.36. The van der Waals surface area contributed by atoms with Crippen molar-refractivity contribution < 1.29 is 4.74 Å². The van der Waals surface area contributed by atoms with E-state index >= 15 is 0 Å². The van der Waals surface area contributed by atoms with Crippen LogP contribution in [0.3, 0.4) is 0 Å². The van der Waals surface area contributed by atoms with E-state index < -0.39 is 0 Å². The molecule has 2 heterocycles. The summed E-state index contributed by atoms with van der Waals surface area (Å²) in [5, 5.41) is 0. The standard InChI is InChI=1S/C18H20N2O/c1-18(2,3)14-9-7-13(8-10-14)15-12-20-11-5-6-16(21-4)17(20)19-15/h5-12H,1-4H3. The van der Waals surface area contributed by atoms with Crippen LogP contribution in [0.1, 0.15) is 26.3 Å². The van der Waals surface area contributed by atoms with Crippen LogP contribution < -0.4 is 4.74 Å². The maximum absolute atomic E-state index is 5.36. The molecule has 0 aliphatic rings. The number of aromatic nitrogens is 2. The number of rotatable bonds is 2. The Kier molecular flexibility index (Phi) is 3.20. The molecule has 0 spiro atoms. The fourth-order valence-electron chi connectivity index (χ4n) is 2.43. The van der Waals surface area contributed by atoms with E-state index in [9.17, 15) is 0 Å². The zero-order chi connectivity index (χ0) is 15.0. The van der Waals surface area contributed by atoms with Crippen molar-refractivity contribution in [3.63, 3.8) is 0 Å². The lowest BCUT2D eigenvalue weighted by Crippen LogP contribution is -2.10. The van der Waals surface area contributed by atoms with Crippen molar-refractivity contribution in [3.05, 3.63) is 54.4 Å². The number of fused-ring (bicyclic) bond motifs is 1. The number of benzene rings is 1. The zero-order valence-corrected chi connectivity index (χ0v) is 12.9. The van der Waals surface area contributed by atoms with E-state index in [1.807, 2.05) is 28.9 Å². The van der Waals surface area contributed by atoms with E-state index in [2.05, 4.69) is 50.0 Å². The molecule has 0 saturated carbocycles. The molecule has 0 atom stereocenters. The highest BCUT2D eigenvalue weighted by atomic mass is 16.5. The van der Waals surface area contributed by atoms with Gasteiger partial charge in [0.25, 0.3) is 0 Å². The summed E-state index contributed by atoms with van der Waals surface area (Å²) in [6, 6.07) is 12.5. The fourth-order valence-corrected chi connectivity index (χ4v) is 2.43. The molecule has 108 valence electrons. The summed E-state index contributed by atoms with van der Waals surface area (Å²) in [5.41, 5.74) is 4.41. The SMILES string of the molecule is COc1cccn2cc(-c3ccc(C(C)(C)C)cc3)nc12. The molecule has 21 heavy (non-hydrogen) atoms. The third-order valence-electron chi connectivity index (χ3n) is 3.71. The second-order valence-corrected chi connectivity index (χ2v) is 6.26. The molecule has 0 fully saturated rings. The topological polar surface area (TPSA) is 26.5 Å². The summed E-state index contributed by atoms with van der Waals surface area (Å²) in [6.45, 7) is 6.66. The number of methoxy groups -OCH3 is 1. The molecule has 0 N–H and O–H groups in total. The largest absolute Gasteiger partial charge is 0.493 e. The summed E-state index contributed by atoms with van der Waals surface area (Å²) in [7, 11) is 1.67. The number of ether oxygens (including phenoxy) is 1. The van der Waals surface area contributed by atoms with Gasteiger partial charge in [-0.25, -0.2) is 4.98 Å². The zero-order valence-electron chi connectivity index (χ0n) is 12.9. The van der Waals surface area contributed by atoms with Crippen LogP contribution >= 0.6 is 0 Å². The van der Waals surface area contributed by atoms with E-state index in [-0.39, 0.29) is 5.41 Å². The van der Waals surface area contributed by atoms with Gasteiger partial charge in [0.05, 0.1) is 12.8 Å². The molecule has 2 aromatic heterocycles. The third kappa shape index (κ3) is 2.51. The first kappa shape index (κ1) is 13.7. The Labute approximate surface area is 125 Å². The quantitative estimate of drug-likeness (QED) is 0.699. The molecule has 0 bridgehead atoms. The van der Waals surface area contributed by atoms with E-state index in [1.54, 1.807) is 7.11 Å². The molecule has 3 nitrogen and oxygen atoms in total. The minimum absolute atomic E-state index is 0.167. The van der Waals surface area contributed by atoms with E-state index in [0.29, 0.717) is 0 Å². The van der Waals surface area contributed by atoms with Crippen LogP contribution in [-0.2, 0) is 5.41 Å². The Morgan fingerprint density at radius 3 is 2.38 bits per heavy atom. The molecule has 0 saturated heterocycles. The number of pyridine rings is 1. The third-order valence-corrected chi connectivity index (χ3v) is 3.71. The highest BCUT2D eigenvalue weighted by molar-refractivity contribution is 5.66. The van der Waals surface area contributed by atoms with Gasteiger partial charge in [-0.3, -0.25) is 0 Å². The lowest BCUT2D eigenvalue weighted by atomic mass is 9.86. The lowest BCUT2D eigenvalue weighted by molar-refractivity contribution is 0.417. The van der Waals surface area contributed by atoms with Gasteiger partial charge in [-0.15, -0.1) is 0 Å². The molecule has 3 heteroatoms.